The van der Waals surface area contributed by atoms with Crippen molar-refractivity contribution in [1.29, 1.82) is 0 Å². The van der Waals surface area contributed by atoms with Crippen LogP contribution in [0.3, 0.4) is 0 Å². The van der Waals surface area contributed by atoms with Crippen molar-refractivity contribution < 1.29 is 28.5 Å². The van der Waals surface area contributed by atoms with Gasteiger partial charge in [-0.2, -0.15) is 4.98 Å². The van der Waals surface area contributed by atoms with Gasteiger partial charge in [-0.15, -0.1) is 0 Å². The Balaban J connectivity index is 1.84. The van der Waals surface area contributed by atoms with E-state index in [1.54, 1.807) is 19.1 Å². The van der Waals surface area contributed by atoms with Crippen molar-refractivity contribution >= 4 is 21.8 Å². The Kier molecular flexibility index (Phi) is 8.48. The Hall–Kier alpha value is -3.15. The normalized spacial score (nSPS) is 10.9. The highest BCUT2D eigenvalue weighted by molar-refractivity contribution is 9.10. The molecule has 0 aliphatic rings. The van der Waals surface area contributed by atoms with E-state index in [2.05, 4.69) is 20.9 Å². The lowest BCUT2D eigenvalue weighted by Gasteiger charge is -2.21. The van der Waals surface area contributed by atoms with E-state index in [1.165, 1.54) is 27.7 Å². The molecule has 11 heteroatoms. The number of rotatable bonds is 9. The van der Waals surface area contributed by atoms with Crippen molar-refractivity contribution in [1.82, 2.24) is 14.5 Å². The van der Waals surface area contributed by atoms with Crippen LogP contribution in [0.5, 0.6) is 5.88 Å². The molecule has 2 N–H and O–H groups in total. The third kappa shape index (κ3) is 5.66. The van der Waals surface area contributed by atoms with E-state index in [1.807, 2.05) is 0 Å². The van der Waals surface area contributed by atoms with Crippen LogP contribution in [0.15, 0.2) is 51.7 Å². The average Bonchev–Trinajstić information content (AvgIpc) is 2.81. The summed E-state index contributed by atoms with van der Waals surface area (Å²) in [7, 11) is 0. The minimum absolute atomic E-state index is 0.0119. The van der Waals surface area contributed by atoms with Gasteiger partial charge in [0.25, 0.3) is 11.5 Å². The minimum atomic E-state index is -0.771. The number of aliphatic hydroxyl groups excluding tert-OH is 2. The molecule has 0 saturated heterocycles. The summed E-state index contributed by atoms with van der Waals surface area (Å²) in [6, 6.07) is 9.29. The molecule has 0 bridgehead atoms. The van der Waals surface area contributed by atoms with E-state index in [4.69, 9.17) is 14.9 Å². The zero-order chi connectivity index (χ0) is 24.8. The summed E-state index contributed by atoms with van der Waals surface area (Å²) in [5.41, 5.74) is 0.390. The second kappa shape index (κ2) is 11.3. The van der Waals surface area contributed by atoms with E-state index in [0.717, 1.165) is 12.1 Å². The van der Waals surface area contributed by atoms with Crippen LogP contribution < -0.4 is 10.3 Å². The molecule has 0 spiro atoms. The molecule has 0 radical (unpaired) electrons. The number of ether oxygens (including phenoxy) is 1. The van der Waals surface area contributed by atoms with Crippen molar-refractivity contribution in [2.45, 2.75) is 13.5 Å². The number of aromatic nitrogens is 2. The third-order valence-corrected chi connectivity index (χ3v) is 5.62. The van der Waals surface area contributed by atoms with Gasteiger partial charge >= 0.3 is 0 Å². The summed E-state index contributed by atoms with van der Waals surface area (Å²) < 4.78 is 33.7. The molecule has 2 aromatic carbocycles. The van der Waals surface area contributed by atoms with Gasteiger partial charge in [0.1, 0.15) is 28.5 Å². The maximum absolute atomic E-state index is 13.9. The maximum Gasteiger partial charge on any atom is 0.276 e. The summed E-state index contributed by atoms with van der Waals surface area (Å²) in [5, 5.41) is 18.2. The number of carbonyl (C=O) groups excluding carboxylic acids is 1. The van der Waals surface area contributed by atoms with Crippen LogP contribution in [-0.2, 0) is 6.61 Å². The molecule has 8 nitrogen and oxygen atoms in total. The van der Waals surface area contributed by atoms with Crippen molar-refractivity contribution in [3.8, 4) is 11.6 Å². The van der Waals surface area contributed by atoms with Gasteiger partial charge in [-0.1, -0.05) is 0 Å². The van der Waals surface area contributed by atoms with E-state index >= 15 is 0 Å². The number of hydrogen-bond acceptors (Lipinski definition) is 6. The molecule has 0 unspecified atom stereocenters. The summed E-state index contributed by atoms with van der Waals surface area (Å²) in [4.78, 5) is 31.2. The van der Waals surface area contributed by atoms with E-state index in [0.29, 0.717) is 11.3 Å². The molecule has 0 aliphatic heterocycles. The number of amides is 1. The second-order valence-corrected chi connectivity index (χ2v) is 8.02. The summed E-state index contributed by atoms with van der Waals surface area (Å²) in [6.45, 7) is 1.03. The number of halogens is 3. The SMILES string of the molecule is Cc1nc(OCc2ccc(F)cc2F)c(Br)c(=O)n1-c1ccc(C(=O)N(CCO)CCO)cc1. The first-order valence-electron chi connectivity index (χ1n) is 10.2. The lowest BCUT2D eigenvalue weighted by molar-refractivity contribution is 0.0685. The van der Waals surface area contributed by atoms with Crippen LogP contribution in [0, 0.1) is 18.6 Å². The highest BCUT2D eigenvalue weighted by Crippen LogP contribution is 2.22. The summed E-state index contributed by atoms with van der Waals surface area (Å²) >= 11 is 3.17. The highest BCUT2D eigenvalue weighted by Gasteiger charge is 2.18. The number of aryl methyl sites for hydroxylation is 1. The topological polar surface area (TPSA) is 105 Å². The van der Waals surface area contributed by atoms with Gasteiger partial charge < -0.3 is 19.8 Å². The maximum atomic E-state index is 13.9. The molecule has 3 rings (SSSR count). The Morgan fingerprint density at radius 2 is 1.76 bits per heavy atom. The van der Waals surface area contributed by atoms with Gasteiger partial charge in [-0.3, -0.25) is 14.2 Å². The molecule has 3 aromatic rings. The number of nitrogens with zero attached hydrogens (tertiary/aromatic N) is 3. The zero-order valence-corrected chi connectivity index (χ0v) is 19.8. The fraction of sp³-hybridized carbons (Fsp3) is 0.261. The van der Waals surface area contributed by atoms with Crippen LogP contribution in [0.1, 0.15) is 21.7 Å². The van der Waals surface area contributed by atoms with Crippen LogP contribution in [0.2, 0.25) is 0 Å². The Morgan fingerprint density at radius 1 is 1.12 bits per heavy atom. The van der Waals surface area contributed by atoms with Gasteiger partial charge in [0, 0.05) is 30.3 Å². The van der Waals surface area contributed by atoms with E-state index in [-0.39, 0.29) is 60.6 Å². The van der Waals surface area contributed by atoms with Gasteiger partial charge in [0.05, 0.1) is 18.9 Å². The zero-order valence-electron chi connectivity index (χ0n) is 18.2. The molecular weight excluding hydrogens is 516 g/mol. The fourth-order valence-corrected chi connectivity index (χ4v) is 3.64. The molecule has 34 heavy (non-hydrogen) atoms. The number of benzene rings is 2. The molecule has 0 aliphatic carbocycles. The summed E-state index contributed by atoms with van der Waals surface area (Å²) in [5.74, 6) is -1.61. The van der Waals surface area contributed by atoms with E-state index < -0.39 is 17.2 Å². The van der Waals surface area contributed by atoms with Crippen LogP contribution in [-0.4, -0.2) is 56.9 Å². The lowest BCUT2D eigenvalue weighted by atomic mass is 10.1. The quantitative estimate of drug-likeness (QED) is 0.434. The first-order valence-corrected chi connectivity index (χ1v) is 11.0. The number of aliphatic hydroxyl groups is 2. The van der Waals surface area contributed by atoms with Crippen molar-refractivity contribution in [2.24, 2.45) is 0 Å². The molecule has 180 valence electrons. The standard InChI is InChI=1S/C23H22BrF2N3O5/c1-14-27-21(34-13-16-2-5-17(25)12-19(16)26)20(24)23(33)29(14)18-6-3-15(4-7-18)22(32)28(8-10-30)9-11-31/h2-7,12,30-31H,8-11,13H2,1H3. The van der Waals surface area contributed by atoms with Crippen LogP contribution >= 0.6 is 15.9 Å². The number of hydrogen-bond donors (Lipinski definition) is 2. The minimum Gasteiger partial charge on any atom is -0.472 e. The van der Waals surface area contributed by atoms with Crippen molar-refractivity contribution in [2.75, 3.05) is 26.3 Å². The predicted octanol–water partition coefficient (Wildman–Crippen LogP) is 2.59. The van der Waals surface area contributed by atoms with Crippen LogP contribution in [0.25, 0.3) is 5.69 Å². The van der Waals surface area contributed by atoms with Gasteiger partial charge in [-0.05, 0) is 59.3 Å². The van der Waals surface area contributed by atoms with Gasteiger partial charge in [0.15, 0.2) is 0 Å². The van der Waals surface area contributed by atoms with Gasteiger partial charge in [-0.25, -0.2) is 8.78 Å². The second-order valence-electron chi connectivity index (χ2n) is 7.23. The Labute approximate surface area is 202 Å². The number of carbonyl (C=O) groups is 1. The molecule has 1 amide bonds. The first kappa shape index (κ1) is 25.5. The van der Waals surface area contributed by atoms with Crippen molar-refractivity contribution in [3.63, 3.8) is 0 Å². The largest absolute Gasteiger partial charge is 0.472 e. The molecule has 1 heterocycles. The Bertz CT molecular complexity index is 1230. The van der Waals surface area contributed by atoms with Crippen LogP contribution in [0.4, 0.5) is 8.78 Å². The fourth-order valence-electron chi connectivity index (χ4n) is 3.26. The summed E-state index contributed by atoms with van der Waals surface area (Å²) in [6.07, 6.45) is 0. The molecule has 0 saturated carbocycles. The van der Waals surface area contributed by atoms with E-state index in [9.17, 15) is 18.4 Å². The molecular formula is C23H22BrF2N3O5. The van der Waals surface area contributed by atoms with Crippen molar-refractivity contribution in [3.05, 3.63) is 85.9 Å². The Morgan fingerprint density at radius 3 is 2.35 bits per heavy atom. The first-order chi connectivity index (χ1) is 16.3. The molecule has 0 atom stereocenters. The third-order valence-electron chi connectivity index (χ3n) is 4.94. The molecule has 0 fully saturated rings. The average molecular weight is 538 g/mol. The van der Waals surface area contributed by atoms with Gasteiger partial charge in [0.2, 0.25) is 5.88 Å². The molecule has 1 aromatic heterocycles. The lowest BCUT2D eigenvalue weighted by Crippen LogP contribution is -2.35. The highest BCUT2D eigenvalue weighted by atomic mass is 79.9. The smallest absolute Gasteiger partial charge is 0.276 e. The predicted molar refractivity (Wildman–Crippen MR) is 123 cm³/mol. The monoisotopic (exact) mass is 537 g/mol.